The van der Waals surface area contributed by atoms with E-state index < -0.39 is 7.81 Å². The average molecular weight is 397 g/mol. The first-order chi connectivity index (χ1) is 11.2. The number of nitrogens with zero attached hydrogens (tertiary/aromatic N) is 1. The topological polar surface area (TPSA) is 0 Å². The van der Waals surface area contributed by atoms with Crippen LogP contribution in [0.2, 0.25) is 0 Å². The summed E-state index contributed by atoms with van der Waals surface area (Å²) in [6.07, 6.45) is 13.9. The monoisotopic (exact) mass is 397 g/mol. The molecule has 0 aliphatic heterocycles. The second-order valence-corrected chi connectivity index (χ2v) is 8.32. The van der Waals surface area contributed by atoms with Gasteiger partial charge in [0.15, 0.2) is 0 Å². The van der Waals surface area contributed by atoms with Gasteiger partial charge >= 0.3 is 33.0 Å². The van der Waals surface area contributed by atoms with Gasteiger partial charge < -0.3 is 4.48 Å². The molecule has 25 heavy (non-hydrogen) atoms. The Bertz CT molecular complexity index is 355. The SMILES string of the molecule is C=CC[N+](CC)(CC=C)CCCCCCCCC.F[P-](F)(F)(F)(F)F. The van der Waals surface area contributed by atoms with Crippen LogP contribution in [0.4, 0.5) is 25.2 Å². The fraction of sp³-hybridized carbons (Fsp3) is 0.765. The Morgan fingerprint density at radius 3 is 1.40 bits per heavy atom. The summed E-state index contributed by atoms with van der Waals surface area (Å²) < 4.78 is 60.3. The van der Waals surface area contributed by atoms with Crippen LogP contribution < -0.4 is 0 Å². The molecule has 0 aliphatic rings. The molecule has 0 amide bonds. The number of unbranched alkanes of at least 4 members (excludes halogenated alkanes) is 6. The van der Waals surface area contributed by atoms with Crippen LogP contribution >= 0.6 is 7.81 Å². The van der Waals surface area contributed by atoms with Crippen LogP contribution in [-0.4, -0.2) is 30.7 Å². The van der Waals surface area contributed by atoms with E-state index in [2.05, 4.69) is 39.2 Å². The van der Waals surface area contributed by atoms with Crippen LogP contribution in [0, 0.1) is 0 Å². The van der Waals surface area contributed by atoms with Crippen molar-refractivity contribution < 1.29 is 29.7 Å². The Kier molecular flexibility index (Phi) is 11.3. The first kappa shape index (κ1) is 26.7. The summed E-state index contributed by atoms with van der Waals surface area (Å²) in [5.41, 5.74) is 0. The first-order valence-corrected chi connectivity index (χ1v) is 10.9. The summed E-state index contributed by atoms with van der Waals surface area (Å²) in [7, 11) is -10.7. The zero-order valence-corrected chi connectivity index (χ0v) is 16.4. The van der Waals surface area contributed by atoms with Crippen LogP contribution in [0.15, 0.2) is 25.3 Å². The molecule has 0 saturated heterocycles. The van der Waals surface area contributed by atoms with Crippen molar-refractivity contribution in [3.63, 3.8) is 0 Å². The molecule has 0 aromatic rings. The van der Waals surface area contributed by atoms with Crippen LogP contribution in [0.3, 0.4) is 0 Å². The fourth-order valence-electron chi connectivity index (χ4n) is 2.63. The molecular weight excluding hydrogens is 363 g/mol. The second kappa shape index (κ2) is 10.6. The summed E-state index contributed by atoms with van der Waals surface area (Å²) in [6.45, 7) is 17.0. The van der Waals surface area contributed by atoms with E-state index in [4.69, 9.17) is 0 Å². The van der Waals surface area contributed by atoms with E-state index >= 15 is 0 Å². The molecule has 0 unspecified atom stereocenters. The molecule has 0 N–H and O–H groups in total. The fourth-order valence-corrected chi connectivity index (χ4v) is 2.63. The van der Waals surface area contributed by atoms with Gasteiger partial charge in [0.25, 0.3) is 0 Å². The number of rotatable bonds is 13. The zero-order chi connectivity index (χ0) is 20.1. The van der Waals surface area contributed by atoms with Gasteiger partial charge in [-0.2, -0.15) is 0 Å². The molecule has 0 heterocycles. The molecule has 0 spiro atoms. The van der Waals surface area contributed by atoms with E-state index in [-0.39, 0.29) is 0 Å². The van der Waals surface area contributed by atoms with E-state index in [1.165, 1.54) is 58.0 Å². The normalized spacial score (nSPS) is 14.7. The number of quaternary nitrogens is 1. The van der Waals surface area contributed by atoms with Gasteiger partial charge in [-0.1, -0.05) is 52.2 Å². The van der Waals surface area contributed by atoms with Gasteiger partial charge in [0.1, 0.15) is 0 Å². The van der Waals surface area contributed by atoms with Crippen molar-refractivity contribution in [3.05, 3.63) is 25.3 Å². The second-order valence-electron chi connectivity index (χ2n) is 6.40. The first-order valence-electron chi connectivity index (χ1n) is 8.83. The van der Waals surface area contributed by atoms with Crippen molar-refractivity contribution in [2.75, 3.05) is 26.2 Å². The van der Waals surface area contributed by atoms with Crippen molar-refractivity contribution in [3.8, 4) is 0 Å². The number of halogens is 6. The molecule has 154 valence electrons. The van der Waals surface area contributed by atoms with E-state index in [0.29, 0.717) is 0 Å². The third-order valence-electron chi connectivity index (χ3n) is 3.94. The van der Waals surface area contributed by atoms with Crippen molar-refractivity contribution in [1.82, 2.24) is 0 Å². The molecule has 0 atom stereocenters. The van der Waals surface area contributed by atoms with E-state index in [1.54, 1.807) is 0 Å². The van der Waals surface area contributed by atoms with Crippen molar-refractivity contribution in [2.24, 2.45) is 0 Å². The van der Waals surface area contributed by atoms with E-state index in [9.17, 15) is 25.2 Å². The summed E-state index contributed by atoms with van der Waals surface area (Å²) in [5, 5.41) is 0. The third-order valence-corrected chi connectivity index (χ3v) is 3.94. The van der Waals surface area contributed by atoms with Crippen molar-refractivity contribution >= 4 is 7.81 Å². The van der Waals surface area contributed by atoms with Crippen molar-refractivity contribution in [1.29, 1.82) is 0 Å². The standard InChI is InChI=1S/C17H34N.F6P/c1-5-9-10-11-12-13-14-17-18(8-4,15-6-2)16-7-3;1-7(2,3,4,5)6/h6-7H,2-3,5,8-17H2,1,4H3;/q+1;-1. The van der Waals surface area contributed by atoms with Gasteiger partial charge in [0, 0.05) is 0 Å². The van der Waals surface area contributed by atoms with Gasteiger partial charge in [-0.15, -0.1) is 0 Å². The Balaban J connectivity index is 0. The Labute approximate surface area is 148 Å². The minimum absolute atomic E-state index is 1.08. The molecule has 0 aromatic carbocycles. The molecular formula is C17H34F6NP. The quantitative estimate of drug-likeness (QED) is 0.0963. The molecule has 0 aliphatic carbocycles. The zero-order valence-electron chi connectivity index (χ0n) is 15.5. The molecule has 0 radical (unpaired) electrons. The molecule has 0 rings (SSSR count). The van der Waals surface area contributed by atoms with Gasteiger partial charge in [-0.3, -0.25) is 0 Å². The number of likely N-dealkylation sites (N-methyl/N-ethyl adjacent to an activating group) is 1. The predicted molar refractivity (Wildman–Crippen MR) is 97.4 cm³/mol. The molecule has 0 aromatic heterocycles. The predicted octanol–water partition coefficient (Wildman–Crippen LogP) is 8.33. The summed E-state index contributed by atoms with van der Waals surface area (Å²) in [5.74, 6) is 0. The van der Waals surface area contributed by atoms with E-state index in [1.807, 2.05) is 0 Å². The Morgan fingerprint density at radius 2 is 1.08 bits per heavy atom. The molecule has 8 heteroatoms. The molecule has 0 saturated carbocycles. The van der Waals surface area contributed by atoms with Crippen LogP contribution in [0.1, 0.15) is 58.8 Å². The summed E-state index contributed by atoms with van der Waals surface area (Å²) in [4.78, 5) is 0. The molecule has 0 fully saturated rings. The number of hydrogen-bond acceptors (Lipinski definition) is 0. The van der Waals surface area contributed by atoms with Crippen LogP contribution in [0.25, 0.3) is 0 Å². The summed E-state index contributed by atoms with van der Waals surface area (Å²) in [6, 6.07) is 0. The molecule has 0 bridgehead atoms. The minimum atomic E-state index is -10.7. The van der Waals surface area contributed by atoms with Crippen LogP contribution in [0.5, 0.6) is 0 Å². The molecule has 1 nitrogen and oxygen atoms in total. The van der Waals surface area contributed by atoms with Crippen LogP contribution in [-0.2, 0) is 0 Å². The van der Waals surface area contributed by atoms with Crippen molar-refractivity contribution in [2.45, 2.75) is 58.8 Å². The maximum absolute atomic E-state index is 10.7. The van der Waals surface area contributed by atoms with Gasteiger partial charge in [0.2, 0.25) is 0 Å². The Hall–Kier alpha value is -0.550. The van der Waals surface area contributed by atoms with Gasteiger partial charge in [0.05, 0.1) is 26.2 Å². The van der Waals surface area contributed by atoms with E-state index in [0.717, 1.165) is 17.6 Å². The summed E-state index contributed by atoms with van der Waals surface area (Å²) >= 11 is 0. The van der Waals surface area contributed by atoms with Gasteiger partial charge in [-0.05, 0) is 31.9 Å². The maximum atomic E-state index is 9.87. The Morgan fingerprint density at radius 1 is 0.720 bits per heavy atom. The third kappa shape index (κ3) is 25.8. The average Bonchev–Trinajstić information content (AvgIpc) is 2.43. The van der Waals surface area contributed by atoms with Gasteiger partial charge in [-0.25, -0.2) is 0 Å². The number of hydrogen-bond donors (Lipinski definition) is 0.